The Morgan fingerprint density at radius 2 is 2.05 bits per heavy atom. The highest BCUT2D eigenvalue weighted by atomic mass is 32.1. The summed E-state index contributed by atoms with van der Waals surface area (Å²) in [6, 6.07) is 4.04. The minimum atomic E-state index is -0.0457. The third-order valence-corrected chi connectivity index (χ3v) is 3.80. The molecule has 0 fully saturated rings. The van der Waals surface area contributed by atoms with E-state index < -0.39 is 0 Å². The Bertz CT molecular complexity index is 593. The second-order valence-corrected chi connectivity index (χ2v) is 5.46. The van der Waals surface area contributed by atoms with E-state index in [1.807, 2.05) is 32.9 Å². The van der Waals surface area contributed by atoms with Crippen molar-refractivity contribution in [3.05, 3.63) is 28.1 Å². The minimum absolute atomic E-state index is 0.0457. The number of nitrogen functional groups attached to an aromatic ring is 1. The third kappa shape index (κ3) is 2.72. The fourth-order valence-corrected chi connectivity index (χ4v) is 2.75. The maximum Gasteiger partial charge on any atom is 0.180 e. The number of rotatable bonds is 4. The second-order valence-electron chi connectivity index (χ2n) is 4.35. The number of nitrogens with two attached hydrogens (primary N) is 1. The highest BCUT2D eigenvalue weighted by molar-refractivity contribution is 7.15. The zero-order valence-corrected chi connectivity index (χ0v) is 12.2. The lowest BCUT2D eigenvalue weighted by Gasteiger charge is -2.12. The van der Waals surface area contributed by atoms with Gasteiger partial charge in [-0.25, -0.2) is 4.98 Å². The number of hydrogen-bond donors (Lipinski definition) is 2. The van der Waals surface area contributed by atoms with Crippen molar-refractivity contribution in [2.24, 2.45) is 0 Å². The van der Waals surface area contributed by atoms with Gasteiger partial charge in [-0.1, -0.05) is 11.3 Å². The normalized spacial score (nSPS) is 10.7. The van der Waals surface area contributed by atoms with Crippen LogP contribution in [0.3, 0.4) is 0 Å². The van der Waals surface area contributed by atoms with Crippen LogP contribution in [0.1, 0.15) is 22.9 Å². The summed E-state index contributed by atoms with van der Waals surface area (Å²) in [5.74, 6) is 0.887. The van der Waals surface area contributed by atoms with Crippen LogP contribution in [0.15, 0.2) is 12.1 Å². The highest BCUT2D eigenvalue weighted by Crippen LogP contribution is 2.34. The van der Waals surface area contributed by atoms with Crippen LogP contribution in [0, 0.1) is 13.8 Å². The number of anilines is 1. The lowest BCUT2D eigenvalue weighted by molar-refractivity contribution is 0.286. The van der Waals surface area contributed by atoms with Crippen LogP contribution in [-0.2, 0) is 6.61 Å². The fraction of sp³-hybridized carbons (Fsp3) is 0.357. The average Bonchev–Trinajstić information content (AvgIpc) is 2.75. The fourth-order valence-electron chi connectivity index (χ4n) is 2.04. The number of benzene rings is 1. The average molecular weight is 278 g/mol. The topological polar surface area (TPSA) is 68.4 Å². The molecule has 1 heterocycles. The molecule has 0 saturated heterocycles. The van der Waals surface area contributed by atoms with Gasteiger partial charge in [0.2, 0.25) is 0 Å². The summed E-state index contributed by atoms with van der Waals surface area (Å²) >= 11 is 1.32. The molecule has 1 aromatic carbocycles. The summed E-state index contributed by atoms with van der Waals surface area (Å²) < 4.78 is 5.58. The number of aromatic nitrogens is 1. The van der Waals surface area contributed by atoms with Gasteiger partial charge in [-0.05, 0) is 44.0 Å². The van der Waals surface area contributed by atoms with Crippen LogP contribution < -0.4 is 10.5 Å². The van der Waals surface area contributed by atoms with Gasteiger partial charge in [0, 0.05) is 5.56 Å². The van der Waals surface area contributed by atoms with Crippen molar-refractivity contribution < 1.29 is 9.84 Å². The molecule has 0 aliphatic heterocycles. The molecule has 2 aromatic rings. The molecule has 0 bridgehead atoms. The van der Waals surface area contributed by atoms with Crippen molar-refractivity contribution in [2.45, 2.75) is 27.4 Å². The van der Waals surface area contributed by atoms with Crippen LogP contribution in [-0.4, -0.2) is 16.7 Å². The van der Waals surface area contributed by atoms with E-state index in [1.54, 1.807) is 0 Å². The summed E-state index contributed by atoms with van der Waals surface area (Å²) in [6.45, 7) is 6.57. The summed E-state index contributed by atoms with van der Waals surface area (Å²) in [7, 11) is 0. The molecule has 19 heavy (non-hydrogen) atoms. The van der Waals surface area contributed by atoms with E-state index in [0.29, 0.717) is 11.7 Å². The summed E-state index contributed by atoms with van der Waals surface area (Å²) in [5.41, 5.74) is 9.62. The Morgan fingerprint density at radius 3 is 2.68 bits per heavy atom. The summed E-state index contributed by atoms with van der Waals surface area (Å²) in [6.07, 6.45) is 0. The van der Waals surface area contributed by atoms with E-state index in [4.69, 9.17) is 10.5 Å². The monoisotopic (exact) mass is 278 g/mol. The van der Waals surface area contributed by atoms with Crippen molar-refractivity contribution in [2.75, 3.05) is 12.3 Å². The molecular formula is C14H18N2O2S. The molecule has 0 atom stereocenters. The number of hydrogen-bond acceptors (Lipinski definition) is 5. The van der Waals surface area contributed by atoms with Gasteiger partial charge in [0.1, 0.15) is 5.75 Å². The molecule has 1 aromatic heterocycles. The van der Waals surface area contributed by atoms with Crippen molar-refractivity contribution in [1.82, 2.24) is 4.98 Å². The maximum absolute atomic E-state index is 9.38. The van der Waals surface area contributed by atoms with E-state index in [0.717, 1.165) is 33.0 Å². The zero-order valence-electron chi connectivity index (χ0n) is 11.4. The molecular weight excluding hydrogens is 260 g/mol. The number of aryl methyl sites for hydroxylation is 2. The molecule has 0 saturated carbocycles. The standard InChI is InChI=1S/C14H18N2O2S/c1-4-18-11-6-8(2)10(5-9(11)3)13-12(7-17)19-14(15)16-13/h5-6,17H,4,7H2,1-3H3,(H2,15,16). The predicted molar refractivity (Wildman–Crippen MR) is 78.5 cm³/mol. The van der Waals surface area contributed by atoms with Gasteiger partial charge in [0.15, 0.2) is 5.13 Å². The number of aliphatic hydroxyl groups excluding tert-OH is 1. The lowest BCUT2D eigenvalue weighted by atomic mass is 10.0. The molecule has 0 aliphatic rings. The first kappa shape index (κ1) is 13.8. The van der Waals surface area contributed by atoms with Crippen LogP contribution >= 0.6 is 11.3 Å². The van der Waals surface area contributed by atoms with Gasteiger partial charge in [-0.3, -0.25) is 0 Å². The highest BCUT2D eigenvalue weighted by Gasteiger charge is 2.15. The van der Waals surface area contributed by atoms with Crippen LogP contribution in [0.5, 0.6) is 5.75 Å². The van der Waals surface area contributed by atoms with Gasteiger partial charge < -0.3 is 15.6 Å². The van der Waals surface area contributed by atoms with Crippen molar-refractivity contribution >= 4 is 16.5 Å². The summed E-state index contributed by atoms with van der Waals surface area (Å²) in [4.78, 5) is 5.12. The van der Waals surface area contributed by atoms with Crippen molar-refractivity contribution in [1.29, 1.82) is 0 Å². The number of thiazole rings is 1. The quantitative estimate of drug-likeness (QED) is 0.902. The van der Waals surface area contributed by atoms with Crippen LogP contribution in [0.2, 0.25) is 0 Å². The van der Waals surface area contributed by atoms with E-state index in [1.165, 1.54) is 11.3 Å². The van der Waals surface area contributed by atoms with Gasteiger partial charge >= 0.3 is 0 Å². The first-order chi connectivity index (χ1) is 9.06. The van der Waals surface area contributed by atoms with E-state index in [9.17, 15) is 5.11 Å². The van der Waals surface area contributed by atoms with Crippen LogP contribution in [0.25, 0.3) is 11.3 Å². The minimum Gasteiger partial charge on any atom is -0.494 e. The molecule has 102 valence electrons. The molecule has 4 nitrogen and oxygen atoms in total. The first-order valence-electron chi connectivity index (χ1n) is 6.17. The molecule has 5 heteroatoms. The van der Waals surface area contributed by atoms with Crippen molar-refractivity contribution in [3.63, 3.8) is 0 Å². The number of ether oxygens (including phenoxy) is 1. The van der Waals surface area contributed by atoms with E-state index in [-0.39, 0.29) is 6.61 Å². The Morgan fingerprint density at radius 1 is 1.32 bits per heavy atom. The van der Waals surface area contributed by atoms with Crippen molar-refractivity contribution in [3.8, 4) is 17.0 Å². The SMILES string of the molecule is CCOc1cc(C)c(-c2nc(N)sc2CO)cc1C. The van der Waals surface area contributed by atoms with Crippen LogP contribution in [0.4, 0.5) is 5.13 Å². The van der Waals surface area contributed by atoms with Gasteiger partial charge in [0.05, 0.1) is 23.8 Å². The Balaban J connectivity index is 2.53. The van der Waals surface area contributed by atoms with Gasteiger partial charge in [-0.2, -0.15) is 0 Å². The van der Waals surface area contributed by atoms with Gasteiger partial charge in [0.25, 0.3) is 0 Å². The zero-order chi connectivity index (χ0) is 14.0. The smallest absolute Gasteiger partial charge is 0.180 e. The molecule has 2 rings (SSSR count). The molecule has 3 N–H and O–H groups in total. The second kappa shape index (κ2) is 5.59. The maximum atomic E-state index is 9.38. The Hall–Kier alpha value is -1.59. The molecule has 0 unspecified atom stereocenters. The summed E-state index contributed by atoms with van der Waals surface area (Å²) in [5, 5.41) is 9.86. The first-order valence-corrected chi connectivity index (χ1v) is 6.99. The van der Waals surface area contributed by atoms with Gasteiger partial charge in [-0.15, -0.1) is 0 Å². The van der Waals surface area contributed by atoms with E-state index >= 15 is 0 Å². The predicted octanol–water partition coefficient (Wildman–Crippen LogP) is 2.90. The lowest BCUT2D eigenvalue weighted by Crippen LogP contribution is -1.97. The third-order valence-electron chi connectivity index (χ3n) is 2.93. The van der Waals surface area contributed by atoms with E-state index in [2.05, 4.69) is 4.98 Å². The molecule has 0 radical (unpaired) electrons. The number of aliphatic hydroxyl groups is 1. The molecule has 0 amide bonds. The largest absolute Gasteiger partial charge is 0.494 e. The Labute approximate surface area is 116 Å². The number of nitrogens with zero attached hydrogens (tertiary/aromatic N) is 1. The molecule has 0 spiro atoms. The molecule has 0 aliphatic carbocycles. The Kier molecular flexibility index (Phi) is 4.07.